The molecule has 9 rings (SSSR count). The van der Waals surface area contributed by atoms with Crippen LogP contribution in [0.4, 0.5) is 0 Å². The molecule has 66 heavy (non-hydrogen) atoms. The summed E-state index contributed by atoms with van der Waals surface area (Å²) in [6.45, 7) is 16.2. The number of allylic oxidation sites excluding steroid dienone is 12. The average molecular weight is 881 g/mol. The first-order chi connectivity index (χ1) is 32.0. The zero-order chi connectivity index (χ0) is 46.0. The van der Waals surface area contributed by atoms with E-state index in [1.54, 1.807) is 7.11 Å². The molecule has 5 aliphatic heterocycles. The Hall–Kier alpha value is -7.14. The van der Waals surface area contributed by atoms with Crippen molar-refractivity contribution in [1.29, 1.82) is 0 Å². The van der Waals surface area contributed by atoms with Crippen LogP contribution < -0.4 is 9.47 Å². The highest BCUT2D eigenvalue weighted by molar-refractivity contribution is 6.83. The van der Waals surface area contributed by atoms with E-state index >= 15 is 0 Å². The summed E-state index contributed by atoms with van der Waals surface area (Å²) in [6, 6.07) is 29.5. The van der Waals surface area contributed by atoms with Crippen molar-refractivity contribution < 1.29 is 9.47 Å². The number of hydrogen-bond acceptors (Lipinski definition) is 6. The predicted octanol–water partition coefficient (Wildman–Crippen LogP) is 13.8. The van der Waals surface area contributed by atoms with Crippen molar-refractivity contribution in [3.63, 3.8) is 0 Å². The molecule has 6 nitrogen and oxygen atoms in total. The molecular weight excluding hydrogens is 825 g/mol. The highest BCUT2D eigenvalue weighted by Crippen LogP contribution is 2.40. The number of benzene rings is 4. The molecule has 4 aromatic rings. The summed E-state index contributed by atoms with van der Waals surface area (Å²) < 4.78 is 11.8. The van der Waals surface area contributed by atoms with Crippen LogP contribution in [-0.4, -0.2) is 44.6 Å². The summed E-state index contributed by atoms with van der Waals surface area (Å²) >= 11 is 0. The highest BCUT2D eigenvalue weighted by atomic mass is 28.3. The second-order valence-corrected chi connectivity index (χ2v) is 23.1. The fourth-order valence-corrected chi connectivity index (χ4v) is 9.50. The van der Waals surface area contributed by atoms with Gasteiger partial charge in [0.2, 0.25) is 0 Å². The number of aliphatic imine (C=N–C) groups is 4. The van der Waals surface area contributed by atoms with E-state index in [2.05, 4.69) is 180 Å². The molecule has 0 aromatic heterocycles. The van der Waals surface area contributed by atoms with Gasteiger partial charge in [0.1, 0.15) is 19.6 Å². The third-order valence-electron chi connectivity index (χ3n) is 12.1. The molecule has 4 aromatic carbocycles. The van der Waals surface area contributed by atoms with Crippen molar-refractivity contribution in [2.75, 3.05) is 13.7 Å². The molecule has 0 aliphatic carbocycles. The maximum Gasteiger partial charge on any atom is 0.129 e. The lowest BCUT2D eigenvalue weighted by molar-refractivity contribution is 0.305. The molecule has 0 N–H and O–H groups in total. The number of hydrogen-bond donors (Lipinski definition) is 0. The number of ether oxygens (including phenoxy) is 2. The van der Waals surface area contributed by atoms with Gasteiger partial charge in [0, 0.05) is 27.9 Å². The van der Waals surface area contributed by atoms with Crippen molar-refractivity contribution in [1.82, 2.24) is 0 Å². The minimum absolute atomic E-state index is 0.699. The Kier molecular flexibility index (Phi) is 12.5. The zero-order valence-corrected chi connectivity index (χ0v) is 40.3. The number of fused-ring (bicyclic) bond motifs is 4. The quantitative estimate of drug-likeness (QED) is 0.0855. The monoisotopic (exact) mass is 880 g/mol. The first kappa shape index (κ1) is 44.1. The van der Waals surface area contributed by atoms with Crippen LogP contribution >= 0.6 is 0 Å². The van der Waals surface area contributed by atoms with Gasteiger partial charge in [-0.1, -0.05) is 106 Å². The number of nitrogens with zero attached hydrogens (tertiary/aromatic N) is 4. The smallest absolute Gasteiger partial charge is 0.129 e. The van der Waals surface area contributed by atoms with E-state index in [0.29, 0.717) is 6.61 Å². The zero-order valence-electron chi connectivity index (χ0n) is 39.3. The predicted molar refractivity (Wildman–Crippen MR) is 280 cm³/mol. The fourth-order valence-electron chi connectivity index (χ4n) is 8.98. The van der Waals surface area contributed by atoms with Crippen molar-refractivity contribution in [2.24, 2.45) is 20.0 Å². The molecule has 5 aliphatic rings. The van der Waals surface area contributed by atoms with Crippen molar-refractivity contribution in [3.8, 4) is 23.0 Å². The summed E-state index contributed by atoms with van der Waals surface area (Å²) in [7, 11) is 0.125. The number of aryl methyl sites for hydroxylation is 3. The van der Waals surface area contributed by atoms with Gasteiger partial charge in [-0.3, -0.25) is 0 Å². The summed E-state index contributed by atoms with van der Waals surface area (Å²) in [4.78, 5) is 22.0. The second-order valence-electron chi connectivity index (χ2n) is 18.4. The van der Waals surface area contributed by atoms with Crippen LogP contribution in [0.1, 0.15) is 77.1 Å². The standard InChI is InChI=1S/C59H56N4O2Si/c1-9-10-11-12-34-65-46-23-19-44(20-24-46)58-49-26-25-47(60-49)56(42-15-13-41(14-16-42)33-35-66(6,7)8)51-29-31-53(62-51)59(55-39(3)36-38(2)37-40(55)4)54-32-30-52(63-54)57(48-27-28-50(58)61-48)43-17-21-45(64-5)22-18-43/h13-32,36-37H,9-12,34H2,1-8H3. The summed E-state index contributed by atoms with van der Waals surface area (Å²) in [5.41, 5.74) is 22.6. The largest absolute Gasteiger partial charge is 0.497 e. The Balaban J connectivity index is 1.28. The van der Waals surface area contributed by atoms with E-state index in [0.717, 1.165) is 114 Å². The minimum atomic E-state index is -1.56. The molecule has 8 bridgehead atoms. The van der Waals surface area contributed by atoms with Crippen LogP contribution in [0.15, 0.2) is 176 Å². The van der Waals surface area contributed by atoms with Gasteiger partial charge in [-0.25, -0.2) is 20.0 Å². The molecule has 328 valence electrons. The highest BCUT2D eigenvalue weighted by Gasteiger charge is 2.29. The van der Waals surface area contributed by atoms with Crippen LogP contribution in [0.2, 0.25) is 19.6 Å². The lowest BCUT2D eigenvalue weighted by Gasteiger charge is -2.16. The molecule has 0 atom stereocenters. The van der Waals surface area contributed by atoms with Crippen LogP contribution in [0.25, 0.3) is 22.3 Å². The van der Waals surface area contributed by atoms with E-state index in [1.807, 2.05) is 12.1 Å². The third-order valence-corrected chi connectivity index (χ3v) is 13.0. The Labute approximate surface area is 391 Å². The summed E-state index contributed by atoms with van der Waals surface area (Å²) in [5.74, 6) is 5.07. The third kappa shape index (κ3) is 9.33. The van der Waals surface area contributed by atoms with Crippen LogP contribution in [0.5, 0.6) is 11.5 Å². The van der Waals surface area contributed by atoms with E-state index in [4.69, 9.17) is 29.4 Å². The summed E-state index contributed by atoms with van der Waals surface area (Å²) in [6.07, 6.45) is 21.6. The van der Waals surface area contributed by atoms with Gasteiger partial charge in [-0.15, -0.1) is 5.54 Å². The van der Waals surface area contributed by atoms with Gasteiger partial charge in [0.05, 0.1) is 59.4 Å². The van der Waals surface area contributed by atoms with E-state index < -0.39 is 8.07 Å². The van der Waals surface area contributed by atoms with Crippen LogP contribution in [-0.2, 0) is 0 Å². The average Bonchev–Trinajstić information content (AvgIpc) is 4.15. The second kappa shape index (κ2) is 18.8. The van der Waals surface area contributed by atoms with Gasteiger partial charge < -0.3 is 9.47 Å². The van der Waals surface area contributed by atoms with E-state index in [1.165, 1.54) is 36.0 Å². The molecule has 0 unspecified atom stereocenters. The topological polar surface area (TPSA) is 67.9 Å². The van der Waals surface area contributed by atoms with Crippen molar-refractivity contribution in [2.45, 2.75) is 73.0 Å². The van der Waals surface area contributed by atoms with Gasteiger partial charge in [-0.05, 0) is 146 Å². The minimum Gasteiger partial charge on any atom is -0.497 e. The molecule has 7 heteroatoms. The van der Waals surface area contributed by atoms with Gasteiger partial charge in [0.15, 0.2) is 0 Å². The Morgan fingerprint density at radius 2 is 0.924 bits per heavy atom. The maximum atomic E-state index is 6.20. The van der Waals surface area contributed by atoms with Crippen molar-refractivity contribution in [3.05, 3.63) is 201 Å². The molecule has 0 radical (unpaired) electrons. The molecule has 0 fully saturated rings. The Morgan fingerprint density at radius 1 is 0.500 bits per heavy atom. The van der Waals surface area contributed by atoms with Gasteiger partial charge in [-0.2, -0.15) is 0 Å². The van der Waals surface area contributed by atoms with Crippen LogP contribution in [0.3, 0.4) is 0 Å². The number of rotatable bonds is 11. The molecular formula is C59H56N4O2Si. The molecule has 0 saturated heterocycles. The SMILES string of the molecule is CCCCCCOc1ccc(C2=C3C=CC(=N3)C(c3ccc(OC)cc3)=C3C=CC(=N3)C(c3c(C)cc(C)cc3C)=C3C=CC(=N3)C(c3ccc(C#C[Si](C)(C)C)cc3)=C3C=CC2=N3)cc1. The first-order valence-corrected chi connectivity index (χ1v) is 26.6. The fraction of sp³-hybridized carbons (Fsp3) is 0.220. The number of methoxy groups -OCH3 is 1. The van der Waals surface area contributed by atoms with Crippen LogP contribution in [0, 0.1) is 32.2 Å². The summed E-state index contributed by atoms with van der Waals surface area (Å²) in [5, 5.41) is 0. The van der Waals surface area contributed by atoms with Gasteiger partial charge >= 0.3 is 0 Å². The maximum absolute atomic E-state index is 6.20. The molecule has 5 heterocycles. The van der Waals surface area contributed by atoms with E-state index in [-0.39, 0.29) is 0 Å². The Morgan fingerprint density at radius 3 is 1.36 bits per heavy atom. The molecule has 0 amide bonds. The number of unbranched alkanes of at least 4 members (excludes halogenated alkanes) is 3. The Bertz CT molecular complexity index is 3060. The lowest BCUT2D eigenvalue weighted by atomic mass is 9.90. The van der Waals surface area contributed by atoms with Crippen molar-refractivity contribution >= 4 is 53.2 Å². The van der Waals surface area contributed by atoms with E-state index in [9.17, 15) is 0 Å². The van der Waals surface area contributed by atoms with Gasteiger partial charge in [0.25, 0.3) is 0 Å². The molecule has 0 saturated carbocycles. The lowest BCUT2D eigenvalue weighted by Crippen LogP contribution is -2.16. The first-order valence-electron chi connectivity index (χ1n) is 23.1. The normalized spacial score (nSPS) is 16.2. The molecule has 0 spiro atoms.